The van der Waals surface area contributed by atoms with Crippen molar-refractivity contribution in [1.29, 1.82) is 0 Å². The largest absolute Gasteiger partial charge is 0.493 e. The Morgan fingerprint density at radius 2 is 1.71 bits per heavy atom. The van der Waals surface area contributed by atoms with E-state index in [4.69, 9.17) is 14.2 Å². The maximum Gasteiger partial charge on any atom is 0.340 e. The molecule has 0 spiro atoms. The number of benzene rings is 1. The highest BCUT2D eigenvalue weighted by atomic mass is 16.5. The third-order valence-corrected chi connectivity index (χ3v) is 3.63. The predicted molar refractivity (Wildman–Crippen MR) is 76.8 cm³/mol. The van der Waals surface area contributed by atoms with Gasteiger partial charge in [0.15, 0.2) is 11.5 Å². The minimum Gasteiger partial charge on any atom is -0.493 e. The van der Waals surface area contributed by atoms with Gasteiger partial charge in [-0.15, -0.1) is 0 Å². The Morgan fingerprint density at radius 1 is 1.14 bits per heavy atom. The van der Waals surface area contributed by atoms with Gasteiger partial charge >= 0.3 is 5.97 Å². The summed E-state index contributed by atoms with van der Waals surface area (Å²) in [6.45, 7) is 2.01. The van der Waals surface area contributed by atoms with Crippen LogP contribution in [-0.4, -0.2) is 33.2 Å². The molecule has 1 aliphatic carbocycles. The van der Waals surface area contributed by atoms with Crippen LogP contribution in [0, 0.1) is 11.8 Å². The van der Waals surface area contributed by atoms with Gasteiger partial charge in [0.1, 0.15) is 0 Å². The molecule has 2 atom stereocenters. The van der Waals surface area contributed by atoms with Gasteiger partial charge in [0.05, 0.1) is 32.6 Å². The smallest absolute Gasteiger partial charge is 0.340 e. The molecule has 0 bridgehead atoms. The first-order valence-corrected chi connectivity index (χ1v) is 6.67. The second kappa shape index (κ2) is 6.03. The number of amides is 1. The molecule has 0 aliphatic heterocycles. The van der Waals surface area contributed by atoms with E-state index in [0.717, 1.165) is 6.42 Å². The Bertz CT molecular complexity index is 569. The molecule has 6 nitrogen and oxygen atoms in total. The molecule has 1 amide bonds. The summed E-state index contributed by atoms with van der Waals surface area (Å²) in [4.78, 5) is 23.9. The molecule has 0 aromatic heterocycles. The fourth-order valence-corrected chi connectivity index (χ4v) is 2.17. The van der Waals surface area contributed by atoms with Crippen molar-refractivity contribution >= 4 is 17.6 Å². The van der Waals surface area contributed by atoms with Crippen molar-refractivity contribution in [3.8, 4) is 11.5 Å². The molecule has 2 rings (SSSR count). The molecule has 0 unspecified atom stereocenters. The van der Waals surface area contributed by atoms with E-state index in [9.17, 15) is 9.59 Å². The molecule has 1 fully saturated rings. The van der Waals surface area contributed by atoms with Crippen LogP contribution in [0.2, 0.25) is 0 Å². The molecule has 114 valence electrons. The summed E-state index contributed by atoms with van der Waals surface area (Å²) in [5, 5.41) is 2.77. The standard InChI is InChI=1S/C15H19NO5/c1-8-5-9(8)14(17)16-11-7-13(20-3)12(19-2)6-10(11)15(18)21-4/h6-9H,5H2,1-4H3,(H,16,17)/t8-,9-/m0/s1. The van der Waals surface area contributed by atoms with Gasteiger partial charge in [0.25, 0.3) is 0 Å². The molecule has 1 aromatic rings. The van der Waals surface area contributed by atoms with Crippen LogP contribution in [0.1, 0.15) is 23.7 Å². The summed E-state index contributed by atoms with van der Waals surface area (Å²) in [5.41, 5.74) is 0.598. The Hall–Kier alpha value is -2.24. The number of hydrogen-bond donors (Lipinski definition) is 1. The van der Waals surface area contributed by atoms with Gasteiger partial charge in [-0.3, -0.25) is 4.79 Å². The summed E-state index contributed by atoms with van der Waals surface area (Å²) in [6.07, 6.45) is 0.868. The molecule has 1 N–H and O–H groups in total. The van der Waals surface area contributed by atoms with E-state index in [0.29, 0.717) is 23.1 Å². The lowest BCUT2D eigenvalue weighted by Gasteiger charge is -2.14. The van der Waals surface area contributed by atoms with Crippen molar-refractivity contribution in [3.05, 3.63) is 17.7 Å². The van der Waals surface area contributed by atoms with E-state index in [-0.39, 0.29) is 17.4 Å². The monoisotopic (exact) mass is 293 g/mol. The van der Waals surface area contributed by atoms with Gasteiger partial charge in [0, 0.05) is 18.1 Å². The summed E-state index contributed by atoms with van der Waals surface area (Å²) in [5.74, 6) is 0.574. The predicted octanol–water partition coefficient (Wildman–Crippen LogP) is 2.08. The van der Waals surface area contributed by atoms with Crippen LogP contribution >= 0.6 is 0 Å². The number of esters is 1. The van der Waals surface area contributed by atoms with Gasteiger partial charge in [0.2, 0.25) is 5.91 Å². The first-order valence-electron chi connectivity index (χ1n) is 6.67. The van der Waals surface area contributed by atoms with Crippen molar-refractivity contribution in [2.75, 3.05) is 26.6 Å². The van der Waals surface area contributed by atoms with Crippen LogP contribution in [0.3, 0.4) is 0 Å². The van der Waals surface area contributed by atoms with E-state index in [1.54, 1.807) is 6.07 Å². The fourth-order valence-electron chi connectivity index (χ4n) is 2.17. The van der Waals surface area contributed by atoms with Crippen molar-refractivity contribution in [1.82, 2.24) is 0 Å². The minimum absolute atomic E-state index is 0.00333. The average Bonchev–Trinajstić information content (AvgIpc) is 3.23. The number of methoxy groups -OCH3 is 3. The third kappa shape index (κ3) is 3.09. The zero-order valence-corrected chi connectivity index (χ0v) is 12.6. The Labute approximate surface area is 123 Å². The van der Waals surface area contributed by atoms with Crippen LogP contribution in [0.4, 0.5) is 5.69 Å². The summed E-state index contributed by atoms with van der Waals surface area (Å²) in [7, 11) is 4.25. The number of ether oxygens (including phenoxy) is 3. The zero-order chi connectivity index (χ0) is 15.6. The summed E-state index contributed by atoms with van der Waals surface area (Å²) in [6, 6.07) is 3.06. The number of hydrogen-bond acceptors (Lipinski definition) is 5. The molecule has 0 radical (unpaired) electrons. The molecule has 1 saturated carbocycles. The van der Waals surface area contributed by atoms with E-state index < -0.39 is 5.97 Å². The second-order valence-electron chi connectivity index (χ2n) is 5.05. The van der Waals surface area contributed by atoms with Crippen molar-refractivity contribution in [2.24, 2.45) is 11.8 Å². The molecule has 0 heterocycles. The SMILES string of the molecule is COC(=O)c1cc(OC)c(OC)cc1NC(=O)[C@H]1C[C@@H]1C. The normalized spacial score (nSPS) is 19.6. The van der Waals surface area contributed by atoms with Gasteiger partial charge in [-0.25, -0.2) is 4.79 Å². The quantitative estimate of drug-likeness (QED) is 0.841. The summed E-state index contributed by atoms with van der Waals surface area (Å²) < 4.78 is 15.1. The van der Waals surface area contributed by atoms with Crippen LogP contribution in [0.15, 0.2) is 12.1 Å². The molecular weight excluding hydrogens is 274 g/mol. The van der Waals surface area contributed by atoms with Crippen molar-refractivity contribution < 1.29 is 23.8 Å². The number of anilines is 1. The number of nitrogens with one attached hydrogen (secondary N) is 1. The van der Waals surface area contributed by atoms with Crippen molar-refractivity contribution in [2.45, 2.75) is 13.3 Å². The Kier molecular flexibility index (Phi) is 4.35. The van der Waals surface area contributed by atoms with Crippen LogP contribution < -0.4 is 14.8 Å². The van der Waals surface area contributed by atoms with Crippen LogP contribution in [-0.2, 0) is 9.53 Å². The van der Waals surface area contributed by atoms with Crippen LogP contribution in [0.5, 0.6) is 11.5 Å². The lowest BCUT2D eigenvalue weighted by molar-refractivity contribution is -0.117. The number of carbonyl (C=O) groups excluding carboxylic acids is 2. The minimum atomic E-state index is -0.546. The molecule has 0 saturated heterocycles. The van der Waals surface area contributed by atoms with E-state index in [1.165, 1.54) is 27.4 Å². The van der Waals surface area contributed by atoms with Gasteiger partial charge in [-0.2, -0.15) is 0 Å². The molecular formula is C15H19NO5. The van der Waals surface area contributed by atoms with Crippen molar-refractivity contribution in [3.63, 3.8) is 0 Å². The lowest BCUT2D eigenvalue weighted by atomic mass is 10.1. The summed E-state index contributed by atoms with van der Waals surface area (Å²) >= 11 is 0. The van der Waals surface area contributed by atoms with Crippen LogP contribution in [0.25, 0.3) is 0 Å². The Balaban J connectivity index is 2.36. The van der Waals surface area contributed by atoms with E-state index >= 15 is 0 Å². The highest BCUT2D eigenvalue weighted by Crippen LogP contribution is 2.40. The first-order chi connectivity index (χ1) is 10.0. The Morgan fingerprint density at radius 3 is 2.19 bits per heavy atom. The molecule has 6 heteroatoms. The third-order valence-electron chi connectivity index (χ3n) is 3.63. The van der Waals surface area contributed by atoms with Gasteiger partial charge in [-0.05, 0) is 12.3 Å². The average molecular weight is 293 g/mol. The molecule has 1 aromatic carbocycles. The molecule has 1 aliphatic rings. The number of rotatable bonds is 5. The molecule has 21 heavy (non-hydrogen) atoms. The fraction of sp³-hybridized carbons (Fsp3) is 0.467. The highest BCUT2D eigenvalue weighted by molar-refractivity contribution is 6.03. The van der Waals surface area contributed by atoms with Gasteiger partial charge in [-0.1, -0.05) is 6.92 Å². The second-order valence-corrected chi connectivity index (χ2v) is 5.05. The lowest BCUT2D eigenvalue weighted by Crippen LogP contribution is -2.17. The maximum atomic E-state index is 12.1. The number of carbonyl (C=O) groups is 2. The van der Waals surface area contributed by atoms with E-state index in [1.807, 2.05) is 6.92 Å². The first kappa shape index (κ1) is 15.2. The van der Waals surface area contributed by atoms with E-state index in [2.05, 4.69) is 5.32 Å². The highest BCUT2D eigenvalue weighted by Gasteiger charge is 2.39. The topological polar surface area (TPSA) is 73.9 Å². The maximum absolute atomic E-state index is 12.1. The zero-order valence-electron chi connectivity index (χ0n) is 12.6. The van der Waals surface area contributed by atoms with Gasteiger partial charge < -0.3 is 19.5 Å².